The number of hydrogen-bond donors (Lipinski definition) is 1. The van der Waals surface area contributed by atoms with Crippen LogP contribution in [0.2, 0.25) is 0 Å². The van der Waals surface area contributed by atoms with Gasteiger partial charge in [0.2, 0.25) is 15.9 Å². The summed E-state index contributed by atoms with van der Waals surface area (Å²) in [4.78, 5) is 3.84. The smallest absolute Gasteiger partial charge is 0.239 e. The molecule has 2 rings (SSSR count). The van der Waals surface area contributed by atoms with E-state index in [0.29, 0.717) is 12.5 Å². The van der Waals surface area contributed by atoms with Crippen molar-refractivity contribution in [2.45, 2.75) is 11.5 Å². The molecular formula is C13H14N2O4S. The van der Waals surface area contributed by atoms with Gasteiger partial charge in [-0.15, -0.1) is 0 Å². The first-order valence-corrected chi connectivity index (χ1v) is 7.28. The van der Waals surface area contributed by atoms with Gasteiger partial charge in [-0.3, -0.25) is 0 Å². The Hall–Kier alpha value is -2.12. The summed E-state index contributed by atoms with van der Waals surface area (Å²) in [6.45, 7) is 0.304. The number of benzene rings is 1. The van der Waals surface area contributed by atoms with Gasteiger partial charge in [0, 0.05) is 6.07 Å². The lowest BCUT2D eigenvalue weighted by Crippen LogP contribution is -2.12. The highest BCUT2D eigenvalue weighted by molar-refractivity contribution is 7.89. The van der Waals surface area contributed by atoms with Gasteiger partial charge in [-0.05, 0) is 23.8 Å². The van der Waals surface area contributed by atoms with E-state index in [2.05, 4.69) is 4.98 Å². The van der Waals surface area contributed by atoms with Crippen LogP contribution in [0, 0.1) is 0 Å². The third-order valence-electron chi connectivity index (χ3n) is 2.56. The normalized spacial score (nSPS) is 11.1. The fourth-order valence-electron chi connectivity index (χ4n) is 1.54. The third kappa shape index (κ3) is 3.69. The molecule has 0 atom stereocenters. The van der Waals surface area contributed by atoms with E-state index >= 15 is 0 Å². The number of ether oxygens (including phenoxy) is 2. The van der Waals surface area contributed by atoms with Crippen LogP contribution in [0.25, 0.3) is 0 Å². The standard InChI is InChI=1S/C13H14N2O4S/c1-18-11-4-2-3-10(7-11)9-19-13-6-5-12(8-15-13)20(14,16)17/h2-8H,9H2,1H3,(H2,14,16,17). The maximum atomic E-state index is 11.1. The number of primary sulfonamides is 1. The minimum Gasteiger partial charge on any atom is -0.497 e. The molecule has 1 aromatic carbocycles. The molecule has 0 saturated heterocycles. The number of aromatic nitrogens is 1. The molecule has 0 aliphatic carbocycles. The van der Waals surface area contributed by atoms with Crippen molar-refractivity contribution in [3.63, 3.8) is 0 Å². The van der Waals surface area contributed by atoms with Gasteiger partial charge < -0.3 is 9.47 Å². The van der Waals surface area contributed by atoms with Crippen LogP contribution in [-0.4, -0.2) is 20.5 Å². The van der Waals surface area contributed by atoms with Crippen molar-refractivity contribution in [3.8, 4) is 11.6 Å². The number of nitrogens with two attached hydrogens (primary N) is 1. The largest absolute Gasteiger partial charge is 0.497 e. The molecule has 0 aliphatic rings. The predicted molar refractivity (Wildman–Crippen MR) is 72.9 cm³/mol. The summed E-state index contributed by atoms with van der Waals surface area (Å²) in [5.41, 5.74) is 0.918. The van der Waals surface area contributed by atoms with Crippen LogP contribution >= 0.6 is 0 Å². The van der Waals surface area contributed by atoms with Crippen molar-refractivity contribution in [1.29, 1.82) is 0 Å². The SMILES string of the molecule is COc1cccc(COc2ccc(S(N)(=O)=O)cn2)c1. The highest BCUT2D eigenvalue weighted by Gasteiger charge is 2.08. The molecule has 0 radical (unpaired) electrons. The van der Waals surface area contributed by atoms with Gasteiger partial charge in [-0.1, -0.05) is 12.1 Å². The Morgan fingerprint density at radius 1 is 1.25 bits per heavy atom. The van der Waals surface area contributed by atoms with E-state index in [0.717, 1.165) is 17.5 Å². The van der Waals surface area contributed by atoms with Gasteiger partial charge in [0.1, 0.15) is 17.3 Å². The van der Waals surface area contributed by atoms with Gasteiger partial charge in [0.05, 0.1) is 13.3 Å². The third-order valence-corrected chi connectivity index (χ3v) is 3.46. The summed E-state index contributed by atoms with van der Waals surface area (Å²) in [5.74, 6) is 1.06. The molecule has 7 heteroatoms. The quantitative estimate of drug-likeness (QED) is 0.898. The zero-order valence-corrected chi connectivity index (χ0v) is 11.6. The van der Waals surface area contributed by atoms with E-state index in [9.17, 15) is 8.42 Å². The summed E-state index contributed by atoms with van der Waals surface area (Å²) in [6, 6.07) is 10.2. The molecule has 1 heterocycles. The van der Waals surface area contributed by atoms with Crippen molar-refractivity contribution in [2.24, 2.45) is 5.14 Å². The molecular weight excluding hydrogens is 280 g/mol. The molecule has 2 N–H and O–H groups in total. The maximum absolute atomic E-state index is 11.1. The molecule has 20 heavy (non-hydrogen) atoms. The first-order chi connectivity index (χ1) is 9.49. The molecule has 0 saturated carbocycles. The fourth-order valence-corrected chi connectivity index (χ4v) is 2.00. The lowest BCUT2D eigenvalue weighted by atomic mass is 10.2. The predicted octanol–water partition coefficient (Wildman–Crippen LogP) is 1.32. The van der Waals surface area contributed by atoms with Crippen molar-refractivity contribution in [3.05, 3.63) is 48.2 Å². The maximum Gasteiger partial charge on any atom is 0.239 e. The average molecular weight is 294 g/mol. The van der Waals surface area contributed by atoms with Crippen molar-refractivity contribution >= 4 is 10.0 Å². The highest BCUT2D eigenvalue weighted by atomic mass is 32.2. The Morgan fingerprint density at radius 2 is 2.05 bits per heavy atom. The number of pyridine rings is 1. The second kappa shape index (κ2) is 5.89. The Balaban J connectivity index is 2.04. The molecule has 0 spiro atoms. The van der Waals surface area contributed by atoms with Crippen LogP contribution in [0.5, 0.6) is 11.6 Å². The van der Waals surface area contributed by atoms with E-state index in [1.807, 2.05) is 24.3 Å². The van der Waals surface area contributed by atoms with Gasteiger partial charge in [0.25, 0.3) is 0 Å². The van der Waals surface area contributed by atoms with Crippen molar-refractivity contribution < 1.29 is 17.9 Å². The average Bonchev–Trinajstić information content (AvgIpc) is 2.45. The zero-order chi connectivity index (χ0) is 14.6. The van der Waals surface area contributed by atoms with Crippen molar-refractivity contribution in [1.82, 2.24) is 4.98 Å². The van der Waals surface area contributed by atoms with Crippen LogP contribution in [0.4, 0.5) is 0 Å². The van der Waals surface area contributed by atoms with E-state index < -0.39 is 10.0 Å². The lowest BCUT2D eigenvalue weighted by Gasteiger charge is -2.07. The minimum atomic E-state index is -3.73. The van der Waals surface area contributed by atoms with Gasteiger partial charge >= 0.3 is 0 Å². The Morgan fingerprint density at radius 3 is 2.65 bits per heavy atom. The fraction of sp³-hybridized carbons (Fsp3) is 0.154. The monoisotopic (exact) mass is 294 g/mol. The van der Waals surface area contributed by atoms with E-state index in [1.165, 1.54) is 12.1 Å². The van der Waals surface area contributed by atoms with E-state index in [4.69, 9.17) is 14.6 Å². The molecule has 0 amide bonds. The molecule has 1 aromatic heterocycles. The highest BCUT2D eigenvalue weighted by Crippen LogP contribution is 2.16. The number of nitrogens with zero attached hydrogens (tertiary/aromatic N) is 1. The molecule has 0 aliphatic heterocycles. The molecule has 0 fully saturated rings. The van der Waals surface area contributed by atoms with Gasteiger partial charge in [0.15, 0.2) is 0 Å². The van der Waals surface area contributed by atoms with E-state index in [-0.39, 0.29) is 4.90 Å². The number of hydrogen-bond acceptors (Lipinski definition) is 5. The second-order valence-electron chi connectivity index (χ2n) is 4.02. The zero-order valence-electron chi connectivity index (χ0n) is 10.8. The molecule has 6 nitrogen and oxygen atoms in total. The first kappa shape index (κ1) is 14.3. The Bertz CT molecular complexity index is 684. The summed E-state index contributed by atoms with van der Waals surface area (Å²) >= 11 is 0. The number of methoxy groups -OCH3 is 1. The Labute approximate surface area is 117 Å². The lowest BCUT2D eigenvalue weighted by molar-refractivity contribution is 0.292. The van der Waals surface area contributed by atoms with Gasteiger partial charge in [-0.25, -0.2) is 18.5 Å². The summed E-state index contributed by atoms with van der Waals surface area (Å²) < 4.78 is 32.7. The van der Waals surface area contributed by atoms with Crippen molar-refractivity contribution in [2.75, 3.05) is 7.11 Å². The van der Waals surface area contributed by atoms with Crippen LogP contribution in [-0.2, 0) is 16.6 Å². The summed E-state index contributed by atoms with van der Waals surface area (Å²) in [5, 5.41) is 4.98. The first-order valence-electron chi connectivity index (χ1n) is 5.73. The van der Waals surface area contributed by atoms with Crippen LogP contribution in [0.3, 0.4) is 0 Å². The van der Waals surface area contributed by atoms with Crippen LogP contribution in [0.15, 0.2) is 47.5 Å². The number of sulfonamides is 1. The summed E-state index contributed by atoms with van der Waals surface area (Å²) in [6.07, 6.45) is 1.16. The second-order valence-corrected chi connectivity index (χ2v) is 5.58. The molecule has 0 unspecified atom stereocenters. The number of rotatable bonds is 5. The minimum absolute atomic E-state index is 0.0498. The molecule has 2 aromatic rings. The topological polar surface area (TPSA) is 91.5 Å². The van der Waals surface area contributed by atoms with Crippen LogP contribution < -0.4 is 14.6 Å². The summed E-state index contributed by atoms with van der Waals surface area (Å²) in [7, 11) is -2.14. The Kier molecular flexibility index (Phi) is 4.21. The molecule has 106 valence electrons. The van der Waals surface area contributed by atoms with Gasteiger partial charge in [-0.2, -0.15) is 0 Å². The van der Waals surface area contributed by atoms with Crippen LogP contribution in [0.1, 0.15) is 5.56 Å². The van der Waals surface area contributed by atoms with E-state index in [1.54, 1.807) is 7.11 Å². The molecule has 0 bridgehead atoms.